The van der Waals surface area contributed by atoms with Crippen LogP contribution in [0.15, 0.2) is 27.4 Å². The number of hydrogen-bond donors (Lipinski definition) is 2. The predicted octanol–water partition coefficient (Wildman–Crippen LogP) is 2.04. The van der Waals surface area contributed by atoms with E-state index in [2.05, 4.69) is 10.2 Å². The molecule has 0 fully saturated rings. The van der Waals surface area contributed by atoms with Crippen molar-refractivity contribution < 1.29 is 9.90 Å². The zero-order chi connectivity index (χ0) is 14.0. The van der Waals surface area contributed by atoms with Crippen molar-refractivity contribution in [3.05, 3.63) is 23.8 Å². The molecule has 0 saturated heterocycles. The molecule has 1 heterocycles. The maximum atomic E-state index is 10.9. The fourth-order valence-corrected chi connectivity index (χ4v) is 3.08. The lowest BCUT2D eigenvalue weighted by molar-refractivity contribution is 0.0696. The monoisotopic (exact) mass is 296 g/mol. The minimum absolute atomic E-state index is 0.203. The van der Waals surface area contributed by atoms with Crippen molar-refractivity contribution >= 4 is 39.9 Å². The van der Waals surface area contributed by atoms with Gasteiger partial charge >= 0.3 is 5.97 Å². The Bertz CT molecular complexity index is 612. The van der Waals surface area contributed by atoms with Gasteiger partial charge in [0.2, 0.25) is 5.13 Å². The van der Waals surface area contributed by atoms with Gasteiger partial charge in [-0.3, -0.25) is 0 Å². The molecular weight excluding hydrogens is 284 g/mol. The molecule has 2 aromatic rings. The van der Waals surface area contributed by atoms with Gasteiger partial charge in [0.1, 0.15) is 0 Å². The second-order valence-electron chi connectivity index (χ2n) is 3.90. The normalized spacial score (nSPS) is 10.4. The van der Waals surface area contributed by atoms with E-state index in [1.54, 1.807) is 12.1 Å². The van der Waals surface area contributed by atoms with E-state index in [4.69, 9.17) is 10.8 Å². The number of carboxylic acids is 1. The zero-order valence-electron chi connectivity index (χ0n) is 10.3. The lowest BCUT2D eigenvalue weighted by atomic mass is 10.2. The van der Waals surface area contributed by atoms with E-state index in [1.165, 1.54) is 29.2 Å². The highest BCUT2D eigenvalue weighted by Gasteiger charge is 2.12. The molecule has 0 bridgehead atoms. The number of aromatic carboxylic acids is 1. The molecule has 0 radical (unpaired) electrons. The van der Waals surface area contributed by atoms with Gasteiger partial charge in [-0.2, -0.15) is 0 Å². The van der Waals surface area contributed by atoms with E-state index >= 15 is 0 Å². The summed E-state index contributed by atoms with van der Waals surface area (Å²) in [5.41, 5.74) is 6.56. The summed E-state index contributed by atoms with van der Waals surface area (Å²) in [5, 5.41) is 17.8. The van der Waals surface area contributed by atoms with Crippen molar-refractivity contribution in [1.29, 1.82) is 0 Å². The topological polar surface area (TPSA) is 92.3 Å². The fraction of sp³-hybridized carbons (Fsp3) is 0.182. The van der Waals surface area contributed by atoms with Crippen LogP contribution < -0.4 is 10.6 Å². The second kappa shape index (κ2) is 5.45. The van der Waals surface area contributed by atoms with Gasteiger partial charge in [-0.05, 0) is 18.2 Å². The smallest absolute Gasteiger partial charge is 0.335 e. The number of rotatable bonds is 4. The zero-order valence-corrected chi connectivity index (χ0v) is 12.0. The number of benzene rings is 1. The highest BCUT2D eigenvalue weighted by atomic mass is 32.2. The van der Waals surface area contributed by atoms with Crippen molar-refractivity contribution in [1.82, 2.24) is 10.2 Å². The van der Waals surface area contributed by atoms with E-state index in [0.717, 1.165) is 9.47 Å². The number of nitrogens with zero attached hydrogens (tertiary/aromatic N) is 3. The molecule has 1 aromatic heterocycles. The number of nitrogen functional groups attached to an aromatic ring is 1. The molecule has 0 aliphatic rings. The van der Waals surface area contributed by atoms with Crippen molar-refractivity contribution in [2.24, 2.45) is 0 Å². The molecule has 0 aliphatic carbocycles. The largest absolute Gasteiger partial charge is 0.478 e. The first kappa shape index (κ1) is 13.6. The molecule has 0 saturated carbocycles. The summed E-state index contributed by atoms with van der Waals surface area (Å²) in [4.78, 5) is 13.5. The van der Waals surface area contributed by atoms with Gasteiger partial charge in [0.05, 0.1) is 5.56 Å². The highest BCUT2D eigenvalue weighted by Crippen LogP contribution is 2.36. The van der Waals surface area contributed by atoms with Gasteiger partial charge in [-0.1, -0.05) is 23.1 Å². The van der Waals surface area contributed by atoms with Crippen LogP contribution in [0.3, 0.4) is 0 Å². The lowest BCUT2D eigenvalue weighted by Gasteiger charge is -2.05. The van der Waals surface area contributed by atoms with Crippen LogP contribution in [0, 0.1) is 0 Å². The molecule has 0 amide bonds. The van der Waals surface area contributed by atoms with Crippen LogP contribution in [0.25, 0.3) is 0 Å². The molecule has 1 aromatic carbocycles. The lowest BCUT2D eigenvalue weighted by Crippen LogP contribution is -2.07. The van der Waals surface area contributed by atoms with Crippen molar-refractivity contribution in [2.45, 2.75) is 9.24 Å². The Labute approximate surface area is 118 Å². The summed E-state index contributed by atoms with van der Waals surface area (Å²) >= 11 is 2.74. The maximum absolute atomic E-state index is 10.9. The van der Waals surface area contributed by atoms with Gasteiger partial charge in [-0.25, -0.2) is 4.79 Å². The van der Waals surface area contributed by atoms with E-state index in [0.29, 0.717) is 10.6 Å². The first-order chi connectivity index (χ1) is 8.97. The number of nitrogens with two attached hydrogens (primary N) is 1. The minimum atomic E-state index is -0.979. The average molecular weight is 296 g/mol. The third-order valence-electron chi connectivity index (χ3n) is 2.24. The first-order valence-electron chi connectivity index (χ1n) is 5.29. The van der Waals surface area contributed by atoms with Crippen LogP contribution in [0.2, 0.25) is 0 Å². The standard InChI is InChI=1S/C11H12N4O2S2/c1-15(2)10-13-14-11(19-10)18-8-5-6(9(16)17)3-4-7(8)12/h3-5H,12H2,1-2H3,(H,16,17). The highest BCUT2D eigenvalue weighted by molar-refractivity contribution is 8.01. The summed E-state index contributed by atoms with van der Waals surface area (Å²) < 4.78 is 0.720. The molecule has 8 heteroatoms. The molecule has 0 spiro atoms. The summed E-state index contributed by atoms with van der Waals surface area (Å²) in [5.74, 6) is -0.979. The predicted molar refractivity (Wildman–Crippen MR) is 76.2 cm³/mol. The number of anilines is 2. The molecule has 0 unspecified atom stereocenters. The Morgan fingerprint density at radius 1 is 1.42 bits per heavy atom. The van der Waals surface area contributed by atoms with Crippen LogP contribution in [0.4, 0.5) is 10.8 Å². The third-order valence-corrected chi connectivity index (χ3v) is 4.45. The number of carbonyl (C=O) groups is 1. The van der Waals surface area contributed by atoms with Crippen molar-refractivity contribution in [3.63, 3.8) is 0 Å². The Balaban J connectivity index is 2.26. The van der Waals surface area contributed by atoms with Crippen LogP contribution >= 0.6 is 23.1 Å². The Morgan fingerprint density at radius 3 is 2.74 bits per heavy atom. The van der Waals surface area contributed by atoms with Crippen molar-refractivity contribution in [3.8, 4) is 0 Å². The second-order valence-corrected chi connectivity index (χ2v) is 6.15. The van der Waals surface area contributed by atoms with Gasteiger partial charge in [0.25, 0.3) is 0 Å². The molecule has 3 N–H and O–H groups in total. The van der Waals surface area contributed by atoms with Crippen LogP contribution in [-0.4, -0.2) is 35.4 Å². The quantitative estimate of drug-likeness (QED) is 0.834. The molecule has 0 atom stereocenters. The molecular formula is C11H12N4O2S2. The van der Waals surface area contributed by atoms with Gasteiger partial charge < -0.3 is 15.7 Å². The van der Waals surface area contributed by atoms with Crippen LogP contribution in [0.5, 0.6) is 0 Å². The molecule has 0 aliphatic heterocycles. The molecule has 100 valence electrons. The summed E-state index contributed by atoms with van der Waals surface area (Å²) in [6.07, 6.45) is 0. The molecule has 2 rings (SSSR count). The van der Waals surface area contributed by atoms with E-state index < -0.39 is 5.97 Å². The summed E-state index contributed by atoms with van der Waals surface area (Å²) in [6.45, 7) is 0. The molecule has 19 heavy (non-hydrogen) atoms. The van der Waals surface area contributed by atoms with E-state index in [9.17, 15) is 4.79 Å². The van der Waals surface area contributed by atoms with Gasteiger partial charge in [0.15, 0.2) is 4.34 Å². The van der Waals surface area contributed by atoms with Gasteiger partial charge in [-0.15, -0.1) is 10.2 Å². The first-order valence-corrected chi connectivity index (χ1v) is 6.92. The summed E-state index contributed by atoms with van der Waals surface area (Å²) in [6, 6.07) is 4.60. The average Bonchev–Trinajstić information content (AvgIpc) is 2.80. The van der Waals surface area contributed by atoms with Crippen molar-refractivity contribution in [2.75, 3.05) is 24.7 Å². The van der Waals surface area contributed by atoms with E-state index in [1.807, 2.05) is 19.0 Å². The third kappa shape index (κ3) is 3.15. The Morgan fingerprint density at radius 2 is 2.16 bits per heavy atom. The maximum Gasteiger partial charge on any atom is 0.335 e. The number of hydrogen-bond acceptors (Lipinski definition) is 7. The van der Waals surface area contributed by atoms with Crippen LogP contribution in [0.1, 0.15) is 10.4 Å². The Kier molecular flexibility index (Phi) is 3.91. The van der Waals surface area contributed by atoms with E-state index in [-0.39, 0.29) is 5.56 Å². The minimum Gasteiger partial charge on any atom is -0.478 e. The summed E-state index contributed by atoms with van der Waals surface area (Å²) in [7, 11) is 3.77. The fourth-order valence-electron chi connectivity index (χ4n) is 1.27. The number of aromatic nitrogens is 2. The Hall–Kier alpha value is -1.80. The van der Waals surface area contributed by atoms with Gasteiger partial charge in [0, 0.05) is 24.7 Å². The van der Waals surface area contributed by atoms with Crippen LogP contribution in [-0.2, 0) is 0 Å². The SMILES string of the molecule is CN(C)c1nnc(Sc2cc(C(=O)O)ccc2N)s1. The number of carboxylic acid groups (broad SMARTS) is 1. The molecule has 6 nitrogen and oxygen atoms in total.